The number of carbonyl (C=O) groups excluding carboxylic acids is 1. The fourth-order valence-corrected chi connectivity index (χ4v) is 18.0. The highest BCUT2D eigenvalue weighted by atomic mass is 32.3. The normalized spacial score (nSPS) is 26.5. The van der Waals surface area contributed by atoms with E-state index in [2.05, 4.69) is 74.5 Å². The number of fused-ring (bicyclic) bond motifs is 2. The lowest BCUT2D eigenvalue weighted by molar-refractivity contribution is -0.128. The van der Waals surface area contributed by atoms with Crippen LogP contribution in [0.5, 0.6) is 0 Å². The molecule has 2 atom stereocenters. The molecule has 0 aliphatic heterocycles. The van der Waals surface area contributed by atoms with Crippen LogP contribution in [0.25, 0.3) is 0 Å². The molecule has 52 heavy (non-hydrogen) atoms. The van der Waals surface area contributed by atoms with Crippen LogP contribution in [0.2, 0.25) is 0 Å². The molecule has 3 aromatic carbocycles. The number of Topliss-reactive ketones (excluding diaryl/α,β-unsaturated/α-hetero) is 1. The van der Waals surface area contributed by atoms with Crippen LogP contribution in [-0.2, 0) is 18.5 Å². The van der Waals surface area contributed by atoms with Crippen molar-refractivity contribution in [3.8, 4) is 0 Å². The lowest BCUT2D eigenvalue weighted by Crippen LogP contribution is -2.42. The molecule has 5 fully saturated rings. The maximum Gasteiger partial charge on any atom is 0.278 e. The molecular weight excluding hydrogens is 681 g/mol. The van der Waals surface area contributed by atoms with Crippen LogP contribution in [0.1, 0.15) is 164 Å². The second kappa shape index (κ2) is 14.7. The zero-order valence-corrected chi connectivity index (χ0v) is 33.3. The van der Waals surface area contributed by atoms with Gasteiger partial charge in [0.1, 0.15) is 5.78 Å². The van der Waals surface area contributed by atoms with Gasteiger partial charge in [0.15, 0.2) is 0 Å². The summed E-state index contributed by atoms with van der Waals surface area (Å²) < 4.78 is 37.8. The summed E-state index contributed by atoms with van der Waals surface area (Å²) in [7, 11) is -7.04. The number of benzene rings is 3. The molecule has 0 heterocycles. The van der Waals surface area contributed by atoms with Crippen LogP contribution in [-0.4, -0.2) is 20.0 Å². The Morgan fingerprint density at radius 2 is 1.10 bits per heavy atom. The van der Waals surface area contributed by atoms with Crippen molar-refractivity contribution >= 4 is 26.2 Å². The smallest absolute Gasteiger partial charge is 0.278 e. The molecule has 2 unspecified atom stereocenters. The molecule has 0 saturated heterocycles. The molecule has 0 radical (unpaired) electrons. The van der Waals surface area contributed by atoms with E-state index in [9.17, 15) is 4.79 Å². The van der Waals surface area contributed by atoms with Gasteiger partial charge in [-0.25, -0.2) is 3.63 Å². The van der Waals surface area contributed by atoms with Crippen molar-refractivity contribution in [2.24, 2.45) is 16.7 Å². The summed E-state index contributed by atoms with van der Waals surface area (Å²) in [6.45, 7) is 4.26. The highest BCUT2D eigenvalue weighted by Gasteiger charge is 2.66. The Hall–Kier alpha value is -2.41. The number of rotatable bonds is 10. The molecule has 8 rings (SSSR count). The largest absolute Gasteiger partial charge is 0.299 e. The molecular formula is C46H60O4S2. The quantitative estimate of drug-likeness (QED) is 0.208. The van der Waals surface area contributed by atoms with Gasteiger partial charge in [0.2, 0.25) is 0 Å². The summed E-state index contributed by atoms with van der Waals surface area (Å²) in [4.78, 5) is 16.9. The highest BCUT2D eigenvalue weighted by molar-refractivity contribution is 8.33. The average molecular weight is 741 g/mol. The van der Waals surface area contributed by atoms with E-state index < -0.39 is 25.8 Å². The van der Waals surface area contributed by atoms with E-state index in [0.717, 1.165) is 41.9 Å². The van der Waals surface area contributed by atoms with Gasteiger partial charge in [0.25, 0.3) is 10.1 Å². The molecule has 5 aliphatic rings. The molecule has 0 spiro atoms. The summed E-state index contributed by atoms with van der Waals surface area (Å²) in [5.74, 6) is 1.39. The predicted molar refractivity (Wildman–Crippen MR) is 213 cm³/mol. The Kier molecular flexibility index (Phi) is 10.3. The van der Waals surface area contributed by atoms with Gasteiger partial charge < -0.3 is 0 Å². The Morgan fingerprint density at radius 3 is 1.52 bits per heavy atom. The molecule has 5 saturated carbocycles. The van der Waals surface area contributed by atoms with Crippen LogP contribution in [0, 0.1) is 16.7 Å². The van der Waals surface area contributed by atoms with Crippen LogP contribution in [0.15, 0.2) is 87.5 Å². The fraction of sp³-hybridized carbons (Fsp3) is 0.587. The van der Waals surface area contributed by atoms with Gasteiger partial charge in [-0.1, -0.05) is 120 Å². The fourth-order valence-electron chi connectivity index (χ4n) is 11.4. The van der Waals surface area contributed by atoms with Gasteiger partial charge >= 0.3 is 0 Å². The molecule has 2 bridgehead atoms. The summed E-state index contributed by atoms with van der Waals surface area (Å²) >= 11 is 0. The Balaban J connectivity index is 1.41. The van der Waals surface area contributed by atoms with Gasteiger partial charge in [-0.3, -0.25) is 4.79 Å². The van der Waals surface area contributed by atoms with E-state index in [4.69, 9.17) is 3.63 Å². The Labute approximate surface area is 315 Å². The van der Waals surface area contributed by atoms with Crippen molar-refractivity contribution in [3.63, 3.8) is 0 Å². The molecule has 6 heteroatoms. The lowest BCUT2D eigenvalue weighted by Gasteiger charge is -2.46. The third-order valence-corrected chi connectivity index (χ3v) is 20.0. The zero-order chi connectivity index (χ0) is 36.0. The van der Waals surface area contributed by atoms with Crippen LogP contribution in [0.4, 0.5) is 0 Å². The minimum atomic E-state index is -4.22. The third-order valence-electron chi connectivity index (χ3n) is 14.5. The van der Waals surface area contributed by atoms with Gasteiger partial charge in [-0.15, -0.1) is 0 Å². The molecule has 0 amide bonds. The lowest BCUT2D eigenvalue weighted by atomic mass is 9.70. The summed E-state index contributed by atoms with van der Waals surface area (Å²) in [5, 5.41) is 0. The first kappa shape index (κ1) is 36.6. The van der Waals surface area contributed by atoms with Crippen molar-refractivity contribution in [3.05, 3.63) is 89.5 Å². The molecule has 5 aliphatic carbocycles. The van der Waals surface area contributed by atoms with Crippen molar-refractivity contribution in [1.29, 1.82) is 0 Å². The van der Waals surface area contributed by atoms with Gasteiger partial charge in [0, 0.05) is 21.1 Å². The number of ketones is 1. The summed E-state index contributed by atoms with van der Waals surface area (Å²) in [6.07, 6.45) is 20.2. The van der Waals surface area contributed by atoms with Crippen molar-refractivity contribution < 1.29 is 16.8 Å². The van der Waals surface area contributed by atoms with Crippen LogP contribution < -0.4 is 0 Å². The maximum atomic E-state index is 15.3. The number of hydrogen-bond donors (Lipinski definition) is 0. The summed E-state index contributed by atoms with van der Waals surface area (Å²) in [6, 6.07) is 25.9. The minimum Gasteiger partial charge on any atom is -0.299 e. The second-order valence-corrected chi connectivity index (χ2v) is 22.1. The predicted octanol–water partition coefficient (Wildman–Crippen LogP) is 12.8. The summed E-state index contributed by atoms with van der Waals surface area (Å²) in [5.41, 5.74) is 2.92. The Bertz CT molecular complexity index is 1750. The first-order valence-corrected chi connectivity index (χ1v) is 23.9. The Morgan fingerprint density at radius 1 is 0.635 bits per heavy atom. The molecule has 0 N–H and O–H groups in total. The van der Waals surface area contributed by atoms with E-state index in [-0.39, 0.29) is 22.9 Å². The SMILES string of the molecule is CC1(C)C2CCC1(CS(=O)(=O)OS(c1ccccc1)(c1ccccc1)c1c(C3CCCCC3)cc(C3CCCCC3)cc1C1CCCCC1)C(=O)C2. The minimum absolute atomic E-state index is 0.114. The third kappa shape index (κ3) is 6.45. The van der Waals surface area contributed by atoms with Crippen molar-refractivity contribution in [2.45, 2.75) is 162 Å². The van der Waals surface area contributed by atoms with E-state index >= 15 is 8.42 Å². The van der Waals surface area contributed by atoms with E-state index in [1.54, 1.807) is 0 Å². The first-order valence-electron chi connectivity index (χ1n) is 20.7. The topological polar surface area (TPSA) is 60.4 Å². The van der Waals surface area contributed by atoms with Crippen molar-refractivity contribution in [1.82, 2.24) is 0 Å². The van der Waals surface area contributed by atoms with Gasteiger partial charge in [-0.2, -0.15) is 8.42 Å². The highest BCUT2D eigenvalue weighted by Crippen LogP contribution is 2.74. The van der Waals surface area contributed by atoms with Gasteiger partial charge in [-0.05, 0) is 132 Å². The molecule has 280 valence electrons. The molecule has 3 aromatic rings. The van der Waals surface area contributed by atoms with Crippen molar-refractivity contribution in [2.75, 3.05) is 5.75 Å². The van der Waals surface area contributed by atoms with E-state index in [1.807, 2.05) is 12.1 Å². The van der Waals surface area contributed by atoms with E-state index in [1.165, 1.54) is 92.2 Å². The molecule has 4 nitrogen and oxygen atoms in total. The zero-order valence-electron chi connectivity index (χ0n) is 31.6. The first-order chi connectivity index (χ1) is 25.1. The maximum absolute atomic E-state index is 15.3. The number of carbonyl (C=O) groups is 1. The van der Waals surface area contributed by atoms with E-state index in [0.29, 0.717) is 30.6 Å². The van der Waals surface area contributed by atoms with Crippen LogP contribution >= 0.6 is 10.3 Å². The monoisotopic (exact) mass is 740 g/mol. The standard InChI is InChI=1S/C46H60O4S2/c1-45(2)38-28-29-46(45,43(47)32-38)33-51(48,49)50-52(39-24-14-6-15-25-39,40-26-16-7-17-27-40)44-41(35-20-10-4-11-21-35)30-37(34-18-8-3-9-19-34)31-42(44)36-22-12-5-13-23-36/h6-7,14-17,24-27,30-31,34-36,38H,3-5,8-13,18-23,28-29,32-33H2,1-2H3. The molecule has 0 aromatic heterocycles. The van der Waals surface area contributed by atoms with Gasteiger partial charge in [0.05, 0.1) is 11.2 Å². The average Bonchev–Trinajstić information content (AvgIpc) is 3.52. The second-order valence-electron chi connectivity index (χ2n) is 17.7. The number of hydrogen-bond acceptors (Lipinski definition) is 4. The van der Waals surface area contributed by atoms with Crippen LogP contribution in [0.3, 0.4) is 0 Å².